The number of hydrogen-bond acceptors (Lipinski definition) is 5. The molecule has 0 bridgehead atoms. The van der Waals surface area contributed by atoms with Gasteiger partial charge in [0.1, 0.15) is 0 Å². The molecule has 3 rings (SSSR count). The number of pyridine rings is 1. The molecule has 24 heavy (non-hydrogen) atoms. The number of nitrogens with zero attached hydrogens (tertiary/aromatic N) is 3. The van der Waals surface area contributed by atoms with Crippen LogP contribution >= 0.6 is 0 Å². The summed E-state index contributed by atoms with van der Waals surface area (Å²) in [5, 5.41) is 6.64. The lowest BCUT2D eigenvalue weighted by atomic mass is 10.1. The number of rotatable bonds is 4. The second-order valence-corrected chi connectivity index (χ2v) is 6.32. The van der Waals surface area contributed by atoms with Gasteiger partial charge < -0.3 is 15.2 Å². The summed E-state index contributed by atoms with van der Waals surface area (Å²) in [4.78, 5) is 20.6. The molecule has 1 fully saturated rings. The lowest BCUT2D eigenvalue weighted by molar-refractivity contribution is 0.477. The monoisotopic (exact) mass is 331 g/mol. The minimum atomic E-state index is -0.771. The zero-order valence-corrected chi connectivity index (χ0v) is 13.9. The van der Waals surface area contributed by atoms with Crippen molar-refractivity contribution in [3.05, 3.63) is 40.7 Å². The van der Waals surface area contributed by atoms with Gasteiger partial charge in [0.05, 0.1) is 5.69 Å². The van der Waals surface area contributed by atoms with Gasteiger partial charge in [0, 0.05) is 30.0 Å². The van der Waals surface area contributed by atoms with Crippen LogP contribution in [0.15, 0.2) is 29.3 Å². The van der Waals surface area contributed by atoms with Gasteiger partial charge in [-0.3, -0.25) is 4.79 Å². The van der Waals surface area contributed by atoms with Crippen molar-refractivity contribution in [2.45, 2.75) is 38.8 Å². The van der Waals surface area contributed by atoms with Crippen molar-refractivity contribution in [2.24, 2.45) is 0 Å². The van der Waals surface area contributed by atoms with E-state index in [1.165, 1.54) is 10.6 Å². The highest BCUT2D eigenvalue weighted by atomic mass is 19.1. The fourth-order valence-corrected chi connectivity index (χ4v) is 2.83. The van der Waals surface area contributed by atoms with E-state index in [4.69, 9.17) is 0 Å². The molecule has 2 aromatic rings. The highest BCUT2D eigenvalue weighted by Gasteiger charge is 2.15. The third-order valence-corrected chi connectivity index (χ3v) is 4.18. The van der Waals surface area contributed by atoms with Gasteiger partial charge in [-0.05, 0) is 51.9 Å². The Bertz CT molecular complexity index is 768. The molecule has 6 nitrogen and oxygen atoms in total. The molecule has 0 amide bonds. The van der Waals surface area contributed by atoms with E-state index in [0.717, 1.165) is 25.9 Å². The van der Waals surface area contributed by atoms with Crippen LogP contribution in [0.1, 0.15) is 32.7 Å². The Labute approximate surface area is 140 Å². The SMILES string of the molecule is CC(C)n1cc(-c2ccnc(NC3CCNCC3)n2)cc(F)c1=O. The maximum Gasteiger partial charge on any atom is 0.286 e. The maximum atomic E-state index is 14.0. The van der Waals surface area contributed by atoms with Crippen LogP contribution in [0.5, 0.6) is 0 Å². The van der Waals surface area contributed by atoms with Crippen LogP contribution in [0, 0.1) is 5.82 Å². The van der Waals surface area contributed by atoms with E-state index < -0.39 is 11.4 Å². The van der Waals surface area contributed by atoms with E-state index in [1.807, 2.05) is 13.8 Å². The van der Waals surface area contributed by atoms with Crippen molar-refractivity contribution < 1.29 is 4.39 Å². The molecular formula is C17H22FN5O. The molecule has 128 valence electrons. The van der Waals surface area contributed by atoms with Crippen molar-refractivity contribution in [3.63, 3.8) is 0 Å². The van der Waals surface area contributed by atoms with Gasteiger partial charge in [-0.2, -0.15) is 0 Å². The molecule has 1 saturated heterocycles. The van der Waals surface area contributed by atoms with Gasteiger partial charge in [-0.25, -0.2) is 14.4 Å². The Morgan fingerprint density at radius 2 is 2.12 bits per heavy atom. The molecular weight excluding hydrogens is 309 g/mol. The maximum absolute atomic E-state index is 14.0. The number of piperidine rings is 1. The van der Waals surface area contributed by atoms with Crippen LogP contribution in [0.3, 0.4) is 0 Å². The quantitative estimate of drug-likeness (QED) is 0.898. The second-order valence-electron chi connectivity index (χ2n) is 6.32. The Hall–Kier alpha value is -2.28. The average Bonchev–Trinajstić information content (AvgIpc) is 2.58. The third-order valence-electron chi connectivity index (χ3n) is 4.18. The smallest absolute Gasteiger partial charge is 0.286 e. The van der Waals surface area contributed by atoms with Gasteiger partial charge in [0.2, 0.25) is 5.95 Å². The summed E-state index contributed by atoms with van der Waals surface area (Å²) in [6.45, 7) is 5.63. The Balaban J connectivity index is 1.89. The molecule has 0 unspecified atom stereocenters. The first-order valence-corrected chi connectivity index (χ1v) is 8.27. The predicted molar refractivity (Wildman–Crippen MR) is 91.6 cm³/mol. The zero-order valence-electron chi connectivity index (χ0n) is 13.9. The molecule has 2 N–H and O–H groups in total. The Morgan fingerprint density at radius 3 is 2.83 bits per heavy atom. The summed E-state index contributed by atoms with van der Waals surface area (Å²) in [6, 6.07) is 3.17. The van der Waals surface area contributed by atoms with Crippen LogP contribution in [-0.2, 0) is 0 Å². The molecule has 1 aliphatic heterocycles. The van der Waals surface area contributed by atoms with Crippen LogP contribution in [-0.4, -0.2) is 33.7 Å². The van der Waals surface area contributed by atoms with E-state index in [-0.39, 0.29) is 6.04 Å². The summed E-state index contributed by atoms with van der Waals surface area (Å²) < 4.78 is 15.3. The third kappa shape index (κ3) is 3.62. The molecule has 0 atom stereocenters. The van der Waals surface area contributed by atoms with Gasteiger partial charge in [0.25, 0.3) is 5.56 Å². The fourth-order valence-electron chi connectivity index (χ4n) is 2.83. The topological polar surface area (TPSA) is 71.8 Å². The first-order valence-electron chi connectivity index (χ1n) is 8.27. The van der Waals surface area contributed by atoms with E-state index in [9.17, 15) is 9.18 Å². The molecule has 0 aromatic carbocycles. The van der Waals surface area contributed by atoms with E-state index in [0.29, 0.717) is 23.2 Å². The lowest BCUT2D eigenvalue weighted by Crippen LogP contribution is -2.35. The van der Waals surface area contributed by atoms with E-state index in [1.54, 1.807) is 18.5 Å². The van der Waals surface area contributed by atoms with Gasteiger partial charge >= 0.3 is 0 Å². The molecule has 0 aliphatic carbocycles. The largest absolute Gasteiger partial charge is 0.351 e. The van der Waals surface area contributed by atoms with Gasteiger partial charge in [-0.15, -0.1) is 0 Å². The van der Waals surface area contributed by atoms with E-state index >= 15 is 0 Å². The predicted octanol–water partition coefficient (Wildman–Crippen LogP) is 2.19. The number of aromatic nitrogens is 3. The Morgan fingerprint density at radius 1 is 1.38 bits per heavy atom. The summed E-state index contributed by atoms with van der Waals surface area (Å²) >= 11 is 0. The van der Waals surface area contributed by atoms with Gasteiger partial charge in [0.15, 0.2) is 5.82 Å². The van der Waals surface area contributed by atoms with E-state index in [2.05, 4.69) is 20.6 Å². The number of nitrogens with one attached hydrogen (secondary N) is 2. The number of anilines is 1. The van der Waals surface area contributed by atoms with Gasteiger partial charge in [-0.1, -0.05) is 0 Å². The minimum absolute atomic E-state index is 0.124. The zero-order chi connectivity index (χ0) is 17.1. The highest BCUT2D eigenvalue weighted by Crippen LogP contribution is 2.19. The van der Waals surface area contributed by atoms with Crippen molar-refractivity contribution in [3.8, 4) is 11.3 Å². The number of halogens is 1. The first-order chi connectivity index (χ1) is 11.5. The normalized spacial score (nSPS) is 15.7. The van der Waals surface area contributed by atoms with Crippen LogP contribution in [0.2, 0.25) is 0 Å². The van der Waals surface area contributed by atoms with Crippen LogP contribution < -0.4 is 16.2 Å². The second kappa shape index (κ2) is 7.09. The molecule has 2 aromatic heterocycles. The highest BCUT2D eigenvalue weighted by molar-refractivity contribution is 5.59. The standard InChI is InChI=1S/C17H22FN5O/c1-11(2)23-10-12(9-14(18)16(23)24)15-5-8-20-17(22-15)21-13-3-6-19-7-4-13/h5,8-11,13,19H,3-4,6-7H2,1-2H3,(H,20,21,22). The van der Waals surface area contributed by atoms with Crippen molar-refractivity contribution >= 4 is 5.95 Å². The van der Waals surface area contributed by atoms with Crippen molar-refractivity contribution in [2.75, 3.05) is 18.4 Å². The molecule has 1 aliphatic rings. The van der Waals surface area contributed by atoms with Crippen LogP contribution in [0.25, 0.3) is 11.3 Å². The summed E-state index contributed by atoms with van der Waals surface area (Å²) in [5.74, 6) is -0.241. The van der Waals surface area contributed by atoms with Crippen molar-refractivity contribution in [1.29, 1.82) is 0 Å². The first kappa shape index (κ1) is 16.6. The molecule has 0 spiro atoms. The number of hydrogen-bond donors (Lipinski definition) is 2. The molecule has 0 saturated carbocycles. The van der Waals surface area contributed by atoms with Crippen molar-refractivity contribution in [1.82, 2.24) is 19.9 Å². The summed E-state index contributed by atoms with van der Waals surface area (Å²) in [7, 11) is 0. The Kier molecular flexibility index (Phi) is 4.89. The summed E-state index contributed by atoms with van der Waals surface area (Å²) in [6.07, 6.45) is 5.32. The fraction of sp³-hybridized carbons (Fsp3) is 0.471. The molecule has 3 heterocycles. The summed E-state index contributed by atoms with van der Waals surface area (Å²) in [5.41, 5.74) is 0.544. The average molecular weight is 331 g/mol. The van der Waals surface area contributed by atoms with Crippen LogP contribution in [0.4, 0.5) is 10.3 Å². The molecule has 7 heteroatoms. The molecule has 0 radical (unpaired) electrons. The lowest BCUT2D eigenvalue weighted by Gasteiger charge is -2.23. The minimum Gasteiger partial charge on any atom is -0.351 e.